The Hall–Kier alpha value is 0.884. The van der Waals surface area contributed by atoms with Crippen LogP contribution < -0.4 is 0 Å². The molecule has 0 aromatic heterocycles. The first-order valence-electron chi connectivity index (χ1n) is 8.82. The molecule has 5 nitrogen and oxygen atoms in total. The molecule has 2 atom stereocenters. The van der Waals surface area contributed by atoms with Gasteiger partial charge >= 0.3 is 17.1 Å². The predicted octanol–water partition coefficient (Wildman–Crippen LogP) is 4.38. The summed E-state index contributed by atoms with van der Waals surface area (Å²) in [5.41, 5.74) is 0. The molecule has 2 unspecified atom stereocenters. The average Bonchev–Trinajstić information content (AvgIpc) is 2.20. The van der Waals surface area contributed by atoms with E-state index >= 15 is 0 Å². The zero-order valence-electron chi connectivity index (χ0n) is 17.7. The van der Waals surface area contributed by atoms with Crippen molar-refractivity contribution in [2.24, 2.45) is 0 Å². The topological polar surface area (TPSA) is 46.2 Å². The Morgan fingerprint density at radius 2 is 1.29 bits per heavy atom. The van der Waals surface area contributed by atoms with Crippen LogP contribution in [0.15, 0.2) is 0 Å². The van der Waals surface area contributed by atoms with Crippen molar-refractivity contribution in [2.75, 3.05) is 13.7 Å². The van der Waals surface area contributed by atoms with E-state index in [2.05, 4.69) is 65.5 Å². The number of hydrogen-bond acceptors (Lipinski definition) is 5. The second-order valence-corrected chi connectivity index (χ2v) is 27.5. The van der Waals surface area contributed by atoms with Gasteiger partial charge in [0.25, 0.3) is 9.28 Å². The molecule has 0 heterocycles. The fourth-order valence-corrected chi connectivity index (χ4v) is 22.7. The first kappa shape index (κ1) is 24.9. The molecule has 10 heteroatoms. The molecule has 0 bridgehead atoms. The molecule has 0 spiro atoms. The van der Waals surface area contributed by atoms with Crippen LogP contribution >= 0.6 is 0 Å². The molecule has 0 N–H and O–H groups in total. The number of rotatable bonds is 12. The molecule has 0 aliphatic carbocycles. The minimum absolute atomic E-state index is 0.744. The van der Waals surface area contributed by atoms with E-state index in [-0.39, 0.29) is 0 Å². The fraction of sp³-hybridized carbons (Fsp3) is 1.00. The monoisotopic (exact) mass is 428 g/mol. The lowest BCUT2D eigenvalue weighted by molar-refractivity contribution is 0.195. The Morgan fingerprint density at radius 1 is 0.750 bits per heavy atom. The van der Waals surface area contributed by atoms with E-state index in [0.717, 1.165) is 19.1 Å². The Labute approximate surface area is 156 Å². The lowest BCUT2D eigenvalue weighted by Gasteiger charge is -2.40. The lowest BCUT2D eigenvalue weighted by atomic mass is 10.5. The Bertz CT molecular complexity index is 370. The molecule has 0 aliphatic rings. The van der Waals surface area contributed by atoms with Crippen LogP contribution in [0.5, 0.6) is 0 Å². The molecule has 0 fully saturated rings. The van der Waals surface area contributed by atoms with Crippen LogP contribution in [0.1, 0.15) is 6.42 Å². The third-order valence-corrected chi connectivity index (χ3v) is 19.8. The molecule has 0 radical (unpaired) electrons. The van der Waals surface area contributed by atoms with E-state index in [1.54, 1.807) is 7.11 Å². The van der Waals surface area contributed by atoms with Crippen molar-refractivity contribution in [3.63, 3.8) is 0 Å². The minimum Gasteiger partial charge on any atom is -0.439 e. The van der Waals surface area contributed by atoms with E-state index in [1.165, 1.54) is 0 Å². The van der Waals surface area contributed by atoms with Crippen molar-refractivity contribution < 1.29 is 21.2 Å². The van der Waals surface area contributed by atoms with Gasteiger partial charge in [0.2, 0.25) is 0 Å². The summed E-state index contributed by atoms with van der Waals surface area (Å²) >= 11 is 0. The van der Waals surface area contributed by atoms with Crippen LogP contribution in [0.4, 0.5) is 0 Å². The van der Waals surface area contributed by atoms with Crippen LogP contribution in [0.3, 0.4) is 0 Å². The Kier molecular flexibility index (Phi) is 10.1. The van der Waals surface area contributed by atoms with E-state index in [9.17, 15) is 0 Å². The maximum Gasteiger partial charge on any atom is 0.315 e. The van der Waals surface area contributed by atoms with Gasteiger partial charge in [-0.1, -0.05) is 0 Å². The molecule has 0 saturated carbocycles. The van der Waals surface area contributed by atoms with Gasteiger partial charge < -0.3 is 21.2 Å². The van der Waals surface area contributed by atoms with Crippen LogP contribution in [-0.4, -0.2) is 56.8 Å². The molecule has 0 saturated heterocycles. The summed E-state index contributed by atoms with van der Waals surface area (Å²) in [6.45, 7) is 22.6. The predicted molar refractivity (Wildman–Crippen MR) is 114 cm³/mol. The maximum atomic E-state index is 6.62. The van der Waals surface area contributed by atoms with Crippen molar-refractivity contribution in [3.05, 3.63) is 0 Å². The molecule has 0 aromatic carbocycles. The van der Waals surface area contributed by atoms with Gasteiger partial charge in [-0.3, -0.25) is 0 Å². The zero-order chi connectivity index (χ0) is 19.2. The molecule has 0 amide bonds. The summed E-state index contributed by atoms with van der Waals surface area (Å²) in [5, 5.41) is 0. The van der Waals surface area contributed by atoms with Crippen LogP contribution in [0.2, 0.25) is 71.5 Å². The fourth-order valence-electron chi connectivity index (χ4n) is 2.77. The molecule has 146 valence electrons. The molecular weight excluding hydrogens is 389 g/mol. The zero-order valence-corrected chi connectivity index (χ0v) is 22.9. The number of ether oxygens (including phenoxy) is 1. The third-order valence-electron chi connectivity index (χ3n) is 2.93. The lowest BCUT2D eigenvalue weighted by Crippen LogP contribution is -2.56. The largest absolute Gasteiger partial charge is 0.439 e. The van der Waals surface area contributed by atoms with Gasteiger partial charge in [0.05, 0.1) is 0 Å². The smallest absolute Gasteiger partial charge is 0.315 e. The SMILES string of the molecule is COCCC[Si](C)(O[Si](C)(C)C)O[Si](C)(C)O[SiH](C)O[Si](C)(C)C. The Morgan fingerprint density at radius 3 is 1.71 bits per heavy atom. The minimum atomic E-state index is -2.29. The highest BCUT2D eigenvalue weighted by atomic mass is 28.5. The quantitative estimate of drug-likeness (QED) is 0.341. The van der Waals surface area contributed by atoms with Gasteiger partial charge in [0.1, 0.15) is 0 Å². The van der Waals surface area contributed by atoms with Crippen LogP contribution in [0, 0.1) is 0 Å². The standard InChI is InChI=1S/C14H40O5Si5/c1-15-13-12-14-24(11,18-22(6,7)8)19-23(9,10)17-20(2)16-21(3,4)5/h20H,12-14H2,1-11H3. The van der Waals surface area contributed by atoms with Crippen LogP contribution in [0.25, 0.3) is 0 Å². The van der Waals surface area contributed by atoms with Crippen LogP contribution in [-0.2, 0) is 21.2 Å². The number of hydrogen-bond donors (Lipinski definition) is 0. The summed E-state index contributed by atoms with van der Waals surface area (Å²) in [5.74, 6) is 0. The summed E-state index contributed by atoms with van der Waals surface area (Å²) in [6, 6.07) is 0.940. The third kappa shape index (κ3) is 13.1. The molecule has 0 aliphatic heterocycles. The summed E-state index contributed by atoms with van der Waals surface area (Å²) in [4.78, 5) is 0. The first-order valence-corrected chi connectivity index (χ1v) is 23.1. The molecule has 0 rings (SSSR count). The van der Waals surface area contributed by atoms with Crippen molar-refractivity contribution in [1.82, 2.24) is 0 Å². The van der Waals surface area contributed by atoms with Gasteiger partial charge in [0, 0.05) is 13.7 Å². The molecule has 24 heavy (non-hydrogen) atoms. The summed E-state index contributed by atoms with van der Waals surface area (Å²) in [6.07, 6.45) is 0.965. The van der Waals surface area contributed by atoms with E-state index in [4.69, 9.17) is 21.2 Å². The highest BCUT2D eigenvalue weighted by Crippen LogP contribution is 2.26. The van der Waals surface area contributed by atoms with Gasteiger partial charge in [0.15, 0.2) is 16.6 Å². The van der Waals surface area contributed by atoms with E-state index in [0.29, 0.717) is 0 Å². The second-order valence-electron chi connectivity index (χ2n) is 8.86. The first-order chi connectivity index (χ1) is 10.6. The normalized spacial score (nSPS) is 17.6. The van der Waals surface area contributed by atoms with Gasteiger partial charge in [-0.05, 0) is 77.9 Å². The number of methoxy groups -OCH3 is 1. The van der Waals surface area contributed by atoms with Crippen molar-refractivity contribution in [1.29, 1.82) is 0 Å². The van der Waals surface area contributed by atoms with Gasteiger partial charge in [-0.25, -0.2) is 0 Å². The Balaban J connectivity index is 4.95. The summed E-state index contributed by atoms with van der Waals surface area (Å²) in [7, 11) is -7.76. The second kappa shape index (κ2) is 9.71. The molecule has 0 aromatic rings. The van der Waals surface area contributed by atoms with E-state index < -0.39 is 43.0 Å². The van der Waals surface area contributed by atoms with E-state index in [1.807, 2.05) is 0 Å². The maximum absolute atomic E-state index is 6.62. The van der Waals surface area contributed by atoms with Crippen molar-refractivity contribution in [3.8, 4) is 0 Å². The highest BCUT2D eigenvalue weighted by Gasteiger charge is 2.43. The average molecular weight is 429 g/mol. The highest BCUT2D eigenvalue weighted by molar-refractivity contribution is 6.88. The molecular formula is C14H40O5Si5. The van der Waals surface area contributed by atoms with Gasteiger partial charge in [-0.15, -0.1) is 0 Å². The van der Waals surface area contributed by atoms with Gasteiger partial charge in [-0.2, -0.15) is 0 Å². The van der Waals surface area contributed by atoms with Crippen molar-refractivity contribution in [2.45, 2.75) is 77.9 Å². The van der Waals surface area contributed by atoms with Crippen molar-refractivity contribution >= 4 is 43.0 Å². The summed E-state index contributed by atoms with van der Waals surface area (Å²) < 4.78 is 30.9.